The van der Waals surface area contributed by atoms with Crippen LogP contribution in [-0.4, -0.2) is 48.5 Å². The molecule has 170 valence electrons. The summed E-state index contributed by atoms with van der Waals surface area (Å²) in [5, 5.41) is 0.802. The van der Waals surface area contributed by atoms with Gasteiger partial charge in [-0.05, 0) is 5.56 Å². The number of nitrogens with one attached hydrogen (secondary N) is 1. The Labute approximate surface area is 160 Å². The maximum absolute atomic E-state index is 13.1. The van der Waals surface area contributed by atoms with Crippen LogP contribution in [-0.2, 0) is 20.7 Å². The Morgan fingerprint density at radius 1 is 0.833 bits per heavy atom. The molecule has 4 nitrogen and oxygen atoms in total. The maximum Gasteiger partial charge on any atom is 0.463 e. The van der Waals surface area contributed by atoms with E-state index in [1.54, 1.807) is 0 Å². The maximum atomic E-state index is 13.1. The number of alkyl halides is 11. The molecular formula is C15H10F11NO3. The quantitative estimate of drug-likeness (QED) is 0.516. The zero-order valence-electron chi connectivity index (χ0n) is 14.1. The van der Waals surface area contributed by atoms with E-state index in [1.165, 1.54) is 18.2 Å². The van der Waals surface area contributed by atoms with E-state index in [9.17, 15) is 57.9 Å². The second-order valence-corrected chi connectivity index (χ2v) is 5.69. The first-order valence-corrected chi connectivity index (χ1v) is 7.50. The molecule has 0 aromatic heterocycles. The largest absolute Gasteiger partial charge is 0.463 e. The van der Waals surface area contributed by atoms with Gasteiger partial charge in [-0.3, -0.25) is 4.79 Å². The van der Waals surface area contributed by atoms with Crippen LogP contribution in [0.1, 0.15) is 5.56 Å². The van der Waals surface area contributed by atoms with Crippen molar-refractivity contribution in [1.29, 1.82) is 0 Å². The molecule has 1 unspecified atom stereocenters. The zero-order chi connectivity index (χ0) is 23.5. The summed E-state index contributed by atoms with van der Waals surface area (Å²) < 4.78 is 141. The number of rotatable bonds is 6. The second-order valence-electron chi connectivity index (χ2n) is 5.69. The molecule has 0 spiro atoms. The molecule has 0 fully saturated rings. The molecule has 1 aromatic carbocycles. The molecule has 30 heavy (non-hydrogen) atoms. The van der Waals surface area contributed by atoms with Crippen molar-refractivity contribution in [3.8, 4) is 0 Å². The van der Waals surface area contributed by atoms with Crippen molar-refractivity contribution in [3.63, 3.8) is 0 Å². The van der Waals surface area contributed by atoms with Crippen molar-refractivity contribution in [2.75, 3.05) is 0 Å². The van der Waals surface area contributed by atoms with E-state index in [-0.39, 0.29) is 5.56 Å². The van der Waals surface area contributed by atoms with Crippen LogP contribution in [0.2, 0.25) is 0 Å². The molecule has 0 aliphatic carbocycles. The van der Waals surface area contributed by atoms with Crippen LogP contribution in [0.5, 0.6) is 0 Å². The Bertz CT molecular complexity index is 727. The molecule has 1 N–H and O–H groups in total. The number of carbonyl (C=O) groups is 2. The molecule has 1 rings (SSSR count). The second kappa shape index (κ2) is 8.63. The van der Waals surface area contributed by atoms with Crippen LogP contribution in [0, 0.1) is 0 Å². The summed E-state index contributed by atoms with van der Waals surface area (Å²) >= 11 is 0. The molecule has 1 atom stereocenters. The minimum absolute atomic E-state index is 0.106. The summed E-state index contributed by atoms with van der Waals surface area (Å²) in [5.74, 6) is -11.8. The van der Waals surface area contributed by atoms with Gasteiger partial charge < -0.3 is 10.1 Å². The monoisotopic (exact) mass is 461 g/mol. The van der Waals surface area contributed by atoms with E-state index in [2.05, 4.69) is 4.74 Å². The normalized spacial score (nSPS) is 14.4. The smallest absolute Gasteiger partial charge is 0.441 e. The molecule has 0 saturated carbocycles. The first-order valence-electron chi connectivity index (χ1n) is 7.50. The van der Waals surface area contributed by atoms with E-state index in [0.717, 1.165) is 17.4 Å². The van der Waals surface area contributed by atoms with Crippen molar-refractivity contribution in [2.45, 2.75) is 43.0 Å². The summed E-state index contributed by atoms with van der Waals surface area (Å²) in [6, 6.07) is 3.37. The number of ether oxygens (including phenoxy) is 1. The molecule has 1 aromatic rings. The third-order valence-corrected chi connectivity index (χ3v) is 3.34. The third kappa shape index (κ3) is 6.45. The Morgan fingerprint density at radius 3 is 1.70 bits per heavy atom. The lowest BCUT2D eigenvalue weighted by molar-refractivity contribution is -0.313. The minimum Gasteiger partial charge on any atom is -0.441 e. The van der Waals surface area contributed by atoms with Gasteiger partial charge in [-0.1, -0.05) is 30.3 Å². The predicted molar refractivity (Wildman–Crippen MR) is 75.1 cm³/mol. The lowest BCUT2D eigenvalue weighted by atomic mass is 10.1. The summed E-state index contributed by atoms with van der Waals surface area (Å²) in [5.41, 5.74) is -0.106. The fourth-order valence-corrected chi connectivity index (χ4v) is 1.94. The molecule has 0 bridgehead atoms. The van der Waals surface area contributed by atoms with Gasteiger partial charge in [0.2, 0.25) is 0 Å². The number of esters is 1. The van der Waals surface area contributed by atoms with Crippen molar-refractivity contribution < 1.29 is 62.6 Å². The molecule has 15 heteroatoms. The van der Waals surface area contributed by atoms with Gasteiger partial charge in [-0.15, -0.1) is 0 Å². The van der Waals surface area contributed by atoms with E-state index in [4.69, 9.17) is 0 Å². The van der Waals surface area contributed by atoms with Crippen LogP contribution < -0.4 is 5.32 Å². The fourth-order valence-electron chi connectivity index (χ4n) is 1.94. The zero-order valence-corrected chi connectivity index (χ0v) is 14.1. The van der Waals surface area contributed by atoms with Crippen LogP contribution in [0.25, 0.3) is 0 Å². The summed E-state index contributed by atoms with van der Waals surface area (Å²) in [6.07, 6.45) is -24.5. The lowest BCUT2D eigenvalue weighted by Gasteiger charge is -2.27. The molecule has 0 heterocycles. The fraction of sp³-hybridized carbons (Fsp3) is 0.467. The summed E-state index contributed by atoms with van der Waals surface area (Å²) in [6.45, 7) is 0. The van der Waals surface area contributed by atoms with Crippen molar-refractivity contribution in [3.05, 3.63) is 35.9 Å². The number of amides is 1. The van der Waals surface area contributed by atoms with Gasteiger partial charge in [0.15, 0.2) is 0 Å². The number of carbonyl (C=O) groups excluding carboxylic acids is 2. The Balaban J connectivity index is 3.20. The molecule has 0 aliphatic rings. The highest BCUT2D eigenvalue weighted by Crippen LogP contribution is 2.37. The van der Waals surface area contributed by atoms with Gasteiger partial charge >= 0.3 is 36.3 Å². The number of halogens is 11. The van der Waals surface area contributed by atoms with Gasteiger partial charge in [-0.25, -0.2) is 4.79 Å². The van der Waals surface area contributed by atoms with Crippen LogP contribution in [0.3, 0.4) is 0 Å². The minimum atomic E-state index is -6.45. The number of hydrogen-bond acceptors (Lipinski definition) is 3. The molecule has 1 amide bonds. The molecule has 0 aliphatic heterocycles. The molecule has 0 radical (unpaired) electrons. The van der Waals surface area contributed by atoms with E-state index >= 15 is 0 Å². The number of benzene rings is 1. The van der Waals surface area contributed by atoms with Gasteiger partial charge in [0, 0.05) is 6.42 Å². The van der Waals surface area contributed by atoms with Gasteiger partial charge in [0.1, 0.15) is 6.04 Å². The average molecular weight is 461 g/mol. The number of hydrogen-bond donors (Lipinski definition) is 1. The Kier molecular flexibility index (Phi) is 7.32. The predicted octanol–water partition coefficient (Wildman–Crippen LogP) is 3.95. The third-order valence-electron chi connectivity index (χ3n) is 3.34. The van der Waals surface area contributed by atoms with E-state index in [1.807, 2.05) is 0 Å². The van der Waals surface area contributed by atoms with E-state index < -0.39 is 54.9 Å². The van der Waals surface area contributed by atoms with Gasteiger partial charge in [0.25, 0.3) is 6.10 Å². The van der Waals surface area contributed by atoms with E-state index in [0.29, 0.717) is 0 Å². The lowest BCUT2D eigenvalue weighted by Crippen LogP contribution is -2.56. The topological polar surface area (TPSA) is 55.4 Å². The average Bonchev–Trinajstić information content (AvgIpc) is 2.56. The van der Waals surface area contributed by atoms with Crippen molar-refractivity contribution >= 4 is 11.9 Å². The highest BCUT2D eigenvalue weighted by Gasteiger charge is 2.64. The highest BCUT2D eigenvalue weighted by molar-refractivity contribution is 5.89. The summed E-state index contributed by atoms with van der Waals surface area (Å²) in [4.78, 5) is 23.1. The molecular weight excluding hydrogens is 451 g/mol. The van der Waals surface area contributed by atoms with Gasteiger partial charge in [-0.2, -0.15) is 48.3 Å². The van der Waals surface area contributed by atoms with Gasteiger partial charge in [0.05, 0.1) is 0 Å². The van der Waals surface area contributed by atoms with Crippen molar-refractivity contribution in [2.24, 2.45) is 0 Å². The van der Waals surface area contributed by atoms with Crippen LogP contribution in [0.15, 0.2) is 30.3 Å². The Morgan fingerprint density at radius 2 is 1.30 bits per heavy atom. The first-order chi connectivity index (χ1) is 13.4. The highest BCUT2D eigenvalue weighted by atomic mass is 19.4. The first kappa shape index (κ1) is 25.4. The van der Waals surface area contributed by atoms with Crippen LogP contribution >= 0.6 is 0 Å². The molecule has 0 saturated heterocycles. The SMILES string of the molecule is O=C(OC(C(F)(F)F)C(F)(F)F)C(Cc1ccccc1)NC(=O)C(F)(F)C(F)(F)F. The standard InChI is InChI=1S/C15H10F11NO3/c16-12(17,15(24,25)26)11(29)27-8(6-7-4-2-1-3-5-7)9(28)30-10(13(18,19)20)14(21,22)23/h1-5,8,10H,6H2,(H,27,29). The Hall–Kier alpha value is -2.61. The van der Waals surface area contributed by atoms with Crippen molar-refractivity contribution in [1.82, 2.24) is 5.32 Å². The summed E-state index contributed by atoms with van der Waals surface area (Å²) in [7, 11) is 0. The van der Waals surface area contributed by atoms with Crippen LogP contribution in [0.4, 0.5) is 48.3 Å².